The Morgan fingerprint density at radius 3 is 3.09 bits per heavy atom. The largest absolute Gasteiger partial charge is 0.346 e. The van der Waals surface area contributed by atoms with E-state index >= 15 is 0 Å². The molecular weight excluding hydrogens is 276 g/mol. The van der Waals surface area contributed by atoms with Gasteiger partial charge in [-0.05, 0) is 38.7 Å². The average molecular weight is 298 g/mol. The highest BCUT2D eigenvalue weighted by atomic mass is 16.1. The number of hydrogen-bond donors (Lipinski definition) is 1. The van der Waals surface area contributed by atoms with E-state index < -0.39 is 0 Å². The zero-order chi connectivity index (χ0) is 15.5. The summed E-state index contributed by atoms with van der Waals surface area (Å²) in [6.07, 6.45) is 3.24. The Balaban J connectivity index is 1.58. The van der Waals surface area contributed by atoms with Crippen molar-refractivity contribution in [2.24, 2.45) is 0 Å². The molecule has 2 aromatic rings. The lowest BCUT2D eigenvalue weighted by Gasteiger charge is -2.23. The molecule has 3 rings (SSSR count). The number of amides is 1. The third-order valence-electron chi connectivity index (χ3n) is 4.04. The smallest absolute Gasteiger partial charge is 0.220 e. The standard InChI is InChI=1S/C17H22N4O/c1-12-5-3-6-14(11-12)8-9-16(22)19-15-7-4-10-21-17(15)18-13(2)20-21/h3,5-6,11,15H,4,7-10H2,1-2H3,(H,19,22)/t15-/m1/s1. The van der Waals surface area contributed by atoms with E-state index in [2.05, 4.69) is 40.5 Å². The quantitative estimate of drug-likeness (QED) is 0.943. The first-order valence-corrected chi connectivity index (χ1v) is 7.88. The predicted octanol–water partition coefficient (Wildman–Crippen LogP) is 2.48. The van der Waals surface area contributed by atoms with E-state index in [1.165, 1.54) is 11.1 Å². The molecule has 0 aliphatic carbocycles. The summed E-state index contributed by atoms with van der Waals surface area (Å²) in [5.74, 6) is 1.75. The summed E-state index contributed by atoms with van der Waals surface area (Å²) in [6, 6.07) is 8.31. The van der Waals surface area contributed by atoms with Gasteiger partial charge in [0, 0.05) is 13.0 Å². The number of rotatable bonds is 4. The van der Waals surface area contributed by atoms with Gasteiger partial charge < -0.3 is 5.32 Å². The van der Waals surface area contributed by atoms with Crippen LogP contribution in [0.4, 0.5) is 0 Å². The van der Waals surface area contributed by atoms with Crippen molar-refractivity contribution < 1.29 is 4.79 Å². The molecule has 5 nitrogen and oxygen atoms in total. The minimum Gasteiger partial charge on any atom is -0.346 e. The van der Waals surface area contributed by atoms with Crippen molar-refractivity contribution in [3.63, 3.8) is 0 Å². The molecule has 1 aliphatic rings. The van der Waals surface area contributed by atoms with Gasteiger partial charge in [0.05, 0.1) is 6.04 Å². The molecule has 0 radical (unpaired) electrons. The molecule has 1 amide bonds. The number of carbonyl (C=O) groups excluding carboxylic acids is 1. The number of nitrogens with zero attached hydrogens (tertiary/aromatic N) is 3. The van der Waals surface area contributed by atoms with E-state index in [1.807, 2.05) is 17.7 Å². The second-order valence-electron chi connectivity index (χ2n) is 5.99. The van der Waals surface area contributed by atoms with Gasteiger partial charge >= 0.3 is 0 Å². The summed E-state index contributed by atoms with van der Waals surface area (Å²) in [6.45, 7) is 4.86. The number of hydrogen-bond acceptors (Lipinski definition) is 3. The Morgan fingerprint density at radius 2 is 2.27 bits per heavy atom. The Morgan fingerprint density at radius 1 is 1.41 bits per heavy atom. The van der Waals surface area contributed by atoms with Crippen LogP contribution >= 0.6 is 0 Å². The predicted molar refractivity (Wildman–Crippen MR) is 84.4 cm³/mol. The third kappa shape index (κ3) is 3.35. The topological polar surface area (TPSA) is 59.8 Å². The summed E-state index contributed by atoms with van der Waals surface area (Å²) in [5.41, 5.74) is 2.44. The number of nitrogens with one attached hydrogen (secondary N) is 1. The average Bonchev–Trinajstić information content (AvgIpc) is 2.87. The van der Waals surface area contributed by atoms with Crippen molar-refractivity contribution in [1.29, 1.82) is 0 Å². The monoisotopic (exact) mass is 298 g/mol. The van der Waals surface area contributed by atoms with Gasteiger partial charge in [-0.3, -0.25) is 4.79 Å². The molecular formula is C17H22N4O. The van der Waals surface area contributed by atoms with Gasteiger partial charge in [-0.2, -0.15) is 5.10 Å². The normalized spacial score (nSPS) is 17.1. The molecule has 0 saturated heterocycles. The van der Waals surface area contributed by atoms with Gasteiger partial charge in [0.2, 0.25) is 5.91 Å². The molecule has 0 fully saturated rings. The van der Waals surface area contributed by atoms with E-state index in [0.717, 1.165) is 37.5 Å². The number of carbonyl (C=O) groups is 1. The van der Waals surface area contributed by atoms with Crippen molar-refractivity contribution in [3.8, 4) is 0 Å². The maximum Gasteiger partial charge on any atom is 0.220 e. The van der Waals surface area contributed by atoms with Crippen LogP contribution in [0.3, 0.4) is 0 Å². The second kappa shape index (κ2) is 6.30. The zero-order valence-corrected chi connectivity index (χ0v) is 13.2. The van der Waals surface area contributed by atoms with E-state index in [9.17, 15) is 4.79 Å². The van der Waals surface area contributed by atoms with Crippen molar-refractivity contribution in [3.05, 3.63) is 47.0 Å². The van der Waals surface area contributed by atoms with Crippen LogP contribution in [0.25, 0.3) is 0 Å². The van der Waals surface area contributed by atoms with Gasteiger partial charge in [0.15, 0.2) is 0 Å². The van der Waals surface area contributed by atoms with Crippen molar-refractivity contribution in [1.82, 2.24) is 20.1 Å². The highest BCUT2D eigenvalue weighted by molar-refractivity contribution is 5.76. The Hall–Kier alpha value is -2.17. The Labute approximate surface area is 130 Å². The molecule has 1 N–H and O–H groups in total. The Kier molecular flexibility index (Phi) is 4.22. The van der Waals surface area contributed by atoms with Crippen LogP contribution in [0.15, 0.2) is 24.3 Å². The summed E-state index contributed by atoms with van der Waals surface area (Å²) >= 11 is 0. The highest BCUT2D eigenvalue weighted by Gasteiger charge is 2.24. The molecule has 2 heterocycles. The van der Waals surface area contributed by atoms with E-state index in [4.69, 9.17) is 0 Å². The number of benzene rings is 1. The first kappa shape index (κ1) is 14.8. The Bertz CT molecular complexity index is 677. The van der Waals surface area contributed by atoms with Crippen LogP contribution in [0.1, 0.15) is 48.1 Å². The number of fused-ring (bicyclic) bond motifs is 1. The van der Waals surface area contributed by atoms with Crippen LogP contribution in [0, 0.1) is 13.8 Å². The maximum atomic E-state index is 12.2. The zero-order valence-electron chi connectivity index (χ0n) is 13.2. The second-order valence-corrected chi connectivity index (χ2v) is 5.99. The minimum atomic E-state index is -0.0000375. The molecule has 0 spiro atoms. The summed E-state index contributed by atoms with van der Waals surface area (Å²) in [7, 11) is 0. The highest BCUT2D eigenvalue weighted by Crippen LogP contribution is 2.23. The molecule has 0 unspecified atom stereocenters. The van der Waals surface area contributed by atoms with E-state index in [0.29, 0.717) is 6.42 Å². The fourth-order valence-corrected chi connectivity index (χ4v) is 3.00. The SMILES string of the molecule is Cc1cccc(CCC(=O)N[C@@H]2CCCn3nc(C)nc32)c1. The molecule has 1 aliphatic heterocycles. The lowest BCUT2D eigenvalue weighted by molar-refractivity contribution is -0.122. The molecule has 1 atom stereocenters. The molecule has 1 aromatic heterocycles. The van der Waals surface area contributed by atoms with Crippen LogP contribution in [-0.4, -0.2) is 20.7 Å². The first-order valence-electron chi connectivity index (χ1n) is 7.88. The van der Waals surface area contributed by atoms with Crippen LogP contribution in [0.2, 0.25) is 0 Å². The molecule has 0 saturated carbocycles. The van der Waals surface area contributed by atoms with Gasteiger partial charge in [-0.1, -0.05) is 29.8 Å². The number of aryl methyl sites for hydroxylation is 4. The van der Waals surface area contributed by atoms with Crippen LogP contribution in [0.5, 0.6) is 0 Å². The van der Waals surface area contributed by atoms with Gasteiger partial charge in [0.1, 0.15) is 11.6 Å². The lowest BCUT2D eigenvalue weighted by Crippen LogP contribution is -2.33. The number of aromatic nitrogens is 3. The van der Waals surface area contributed by atoms with E-state index in [-0.39, 0.29) is 11.9 Å². The van der Waals surface area contributed by atoms with Crippen molar-refractivity contribution in [2.75, 3.05) is 0 Å². The first-order chi connectivity index (χ1) is 10.6. The summed E-state index contributed by atoms with van der Waals surface area (Å²) in [4.78, 5) is 16.7. The van der Waals surface area contributed by atoms with Crippen LogP contribution < -0.4 is 5.32 Å². The third-order valence-corrected chi connectivity index (χ3v) is 4.04. The summed E-state index contributed by atoms with van der Waals surface area (Å²) in [5, 5.41) is 7.48. The van der Waals surface area contributed by atoms with Gasteiger partial charge in [-0.25, -0.2) is 9.67 Å². The molecule has 5 heteroatoms. The van der Waals surface area contributed by atoms with Crippen molar-refractivity contribution >= 4 is 5.91 Å². The van der Waals surface area contributed by atoms with Gasteiger partial charge in [0.25, 0.3) is 0 Å². The van der Waals surface area contributed by atoms with Gasteiger partial charge in [-0.15, -0.1) is 0 Å². The molecule has 22 heavy (non-hydrogen) atoms. The van der Waals surface area contributed by atoms with Crippen molar-refractivity contribution in [2.45, 2.75) is 52.1 Å². The molecule has 0 bridgehead atoms. The molecule has 116 valence electrons. The van der Waals surface area contributed by atoms with E-state index in [1.54, 1.807) is 0 Å². The maximum absolute atomic E-state index is 12.2. The minimum absolute atomic E-state index is 0.0000375. The fourth-order valence-electron chi connectivity index (χ4n) is 3.00. The lowest BCUT2D eigenvalue weighted by atomic mass is 10.1. The fraction of sp³-hybridized carbons (Fsp3) is 0.471. The molecule has 1 aromatic carbocycles. The van der Waals surface area contributed by atoms with Crippen LogP contribution in [-0.2, 0) is 17.8 Å². The summed E-state index contributed by atoms with van der Waals surface area (Å²) < 4.78 is 1.92.